The first-order chi connectivity index (χ1) is 7.63. The van der Waals surface area contributed by atoms with Crippen LogP contribution in [0.3, 0.4) is 0 Å². The van der Waals surface area contributed by atoms with Crippen molar-refractivity contribution in [3.8, 4) is 0 Å². The maximum atomic E-state index is 11.7. The minimum absolute atomic E-state index is 0.0723. The van der Waals surface area contributed by atoms with Crippen LogP contribution in [0.5, 0.6) is 0 Å². The van der Waals surface area contributed by atoms with Gasteiger partial charge in [0.15, 0.2) is 0 Å². The Bertz CT molecular complexity index is 403. The van der Waals surface area contributed by atoms with E-state index in [9.17, 15) is 4.79 Å². The van der Waals surface area contributed by atoms with Gasteiger partial charge in [-0.15, -0.1) is 11.3 Å². The van der Waals surface area contributed by atoms with Gasteiger partial charge in [-0.2, -0.15) is 0 Å². The van der Waals surface area contributed by atoms with Gasteiger partial charge in [-0.1, -0.05) is 0 Å². The molecule has 3 N–H and O–H groups in total. The summed E-state index contributed by atoms with van der Waals surface area (Å²) in [5, 5.41) is 6.17. The number of carbonyl (C=O) groups is 1. The lowest BCUT2D eigenvalue weighted by atomic mass is 9.95. The first-order valence-electron chi connectivity index (χ1n) is 5.44. The van der Waals surface area contributed by atoms with Gasteiger partial charge in [0.1, 0.15) is 0 Å². The number of rotatable bonds is 2. The average Bonchev–Trinajstić information content (AvgIpc) is 2.61. The van der Waals surface area contributed by atoms with Crippen LogP contribution in [0.2, 0.25) is 0 Å². The zero-order valence-electron chi connectivity index (χ0n) is 9.45. The molecule has 0 bridgehead atoms. The van der Waals surface area contributed by atoms with E-state index in [1.165, 1.54) is 11.3 Å². The number of hydrogen-bond acceptors (Lipinski definition) is 5. The Balaban J connectivity index is 2.33. The standard InChI is InChI=1S/C11H16N2O2S/c1-3-15-11(14)7-5-16-10-9(7)8(12)4-6(2)13-10/h5-6,8,13H,3-4,12H2,1-2H3. The number of nitrogens with two attached hydrogens (primary N) is 1. The van der Waals surface area contributed by atoms with Crippen LogP contribution in [0, 0.1) is 0 Å². The first kappa shape index (κ1) is 11.4. The number of esters is 1. The molecule has 2 heterocycles. The third-order valence-electron chi connectivity index (χ3n) is 2.68. The predicted octanol–water partition coefficient (Wildman–Crippen LogP) is 2.13. The predicted molar refractivity (Wildman–Crippen MR) is 64.9 cm³/mol. The minimum atomic E-state index is -0.271. The lowest BCUT2D eigenvalue weighted by Crippen LogP contribution is -2.29. The summed E-state index contributed by atoms with van der Waals surface area (Å²) in [5.74, 6) is -0.271. The van der Waals surface area contributed by atoms with Gasteiger partial charge < -0.3 is 15.8 Å². The van der Waals surface area contributed by atoms with E-state index >= 15 is 0 Å². The molecule has 1 aliphatic rings. The Morgan fingerprint density at radius 3 is 3.19 bits per heavy atom. The summed E-state index contributed by atoms with van der Waals surface area (Å²) in [5.41, 5.74) is 7.61. The molecule has 2 unspecified atom stereocenters. The summed E-state index contributed by atoms with van der Waals surface area (Å²) in [4.78, 5) is 11.7. The highest BCUT2D eigenvalue weighted by molar-refractivity contribution is 7.14. The van der Waals surface area contributed by atoms with Crippen LogP contribution in [-0.2, 0) is 4.74 Å². The van der Waals surface area contributed by atoms with Crippen molar-refractivity contribution in [3.05, 3.63) is 16.5 Å². The highest BCUT2D eigenvalue weighted by atomic mass is 32.1. The summed E-state index contributed by atoms with van der Waals surface area (Å²) in [6.07, 6.45) is 0.843. The highest BCUT2D eigenvalue weighted by Crippen LogP contribution is 2.38. The Kier molecular flexibility index (Phi) is 3.16. The molecule has 0 amide bonds. The molecule has 16 heavy (non-hydrogen) atoms. The largest absolute Gasteiger partial charge is 0.462 e. The lowest BCUT2D eigenvalue weighted by molar-refractivity contribution is 0.0525. The molecule has 4 nitrogen and oxygen atoms in total. The molecule has 1 aromatic rings. The number of ether oxygens (including phenoxy) is 1. The fraction of sp³-hybridized carbons (Fsp3) is 0.545. The van der Waals surface area contributed by atoms with E-state index in [1.807, 2.05) is 5.38 Å². The molecule has 1 aromatic heterocycles. The Labute approximate surface area is 98.8 Å². The normalized spacial score (nSPS) is 23.4. The van der Waals surface area contributed by atoms with Crippen molar-refractivity contribution in [1.82, 2.24) is 0 Å². The molecule has 0 saturated carbocycles. The Morgan fingerprint density at radius 2 is 2.50 bits per heavy atom. The van der Waals surface area contributed by atoms with Crippen LogP contribution in [0.4, 0.5) is 5.00 Å². The molecule has 5 heteroatoms. The Morgan fingerprint density at radius 1 is 1.75 bits per heavy atom. The lowest BCUT2D eigenvalue weighted by Gasteiger charge is -2.26. The molecule has 88 valence electrons. The van der Waals surface area contributed by atoms with Crippen molar-refractivity contribution in [1.29, 1.82) is 0 Å². The third-order valence-corrected chi connectivity index (χ3v) is 3.61. The molecule has 0 spiro atoms. The average molecular weight is 240 g/mol. The second-order valence-corrected chi connectivity index (χ2v) is 4.88. The van der Waals surface area contributed by atoms with E-state index < -0.39 is 0 Å². The van der Waals surface area contributed by atoms with Crippen molar-refractivity contribution in [2.24, 2.45) is 5.73 Å². The van der Waals surface area contributed by atoms with E-state index in [4.69, 9.17) is 10.5 Å². The van der Waals surface area contributed by atoms with Crippen molar-refractivity contribution >= 4 is 22.3 Å². The zero-order chi connectivity index (χ0) is 11.7. The van der Waals surface area contributed by atoms with Crippen LogP contribution >= 0.6 is 11.3 Å². The summed E-state index contributed by atoms with van der Waals surface area (Å²) in [6.45, 7) is 4.28. The van der Waals surface area contributed by atoms with E-state index in [-0.39, 0.29) is 12.0 Å². The fourth-order valence-corrected chi connectivity index (χ4v) is 3.11. The molecule has 0 aliphatic carbocycles. The van der Waals surface area contributed by atoms with Crippen LogP contribution in [0.15, 0.2) is 5.38 Å². The number of thiophene rings is 1. The van der Waals surface area contributed by atoms with Crippen LogP contribution in [0.25, 0.3) is 0 Å². The molecular weight excluding hydrogens is 224 g/mol. The maximum Gasteiger partial charge on any atom is 0.339 e. The van der Waals surface area contributed by atoms with E-state index in [2.05, 4.69) is 12.2 Å². The molecule has 0 saturated heterocycles. The molecule has 1 aliphatic heterocycles. The van der Waals surface area contributed by atoms with Gasteiger partial charge in [-0.05, 0) is 20.3 Å². The van der Waals surface area contributed by atoms with E-state index in [1.54, 1.807) is 6.92 Å². The number of nitrogens with one attached hydrogen (secondary N) is 1. The number of carbonyl (C=O) groups excluding carboxylic acids is 1. The zero-order valence-corrected chi connectivity index (χ0v) is 10.3. The third kappa shape index (κ3) is 1.92. The number of hydrogen-bond donors (Lipinski definition) is 2. The maximum absolute atomic E-state index is 11.7. The highest BCUT2D eigenvalue weighted by Gasteiger charge is 2.28. The van der Waals surface area contributed by atoms with Gasteiger partial charge >= 0.3 is 5.97 Å². The number of fused-ring (bicyclic) bond motifs is 1. The summed E-state index contributed by atoms with van der Waals surface area (Å²) in [7, 11) is 0. The molecule has 0 aromatic carbocycles. The summed E-state index contributed by atoms with van der Waals surface area (Å²) in [6, 6.07) is 0.285. The molecule has 0 radical (unpaired) electrons. The first-order valence-corrected chi connectivity index (χ1v) is 6.32. The van der Waals surface area contributed by atoms with Gasteiger partial charge in [0.25, 0.3) is 0 Å². The van der Waals surface area contributed by atoms with Gasteiger partial charge in [0.2, 0.25) is 0 Å². The van der Waals surface area contributed by atoms with Crippen molar-refractivity contribution < 1.29 is 9.53 Å². The SMILES string of the molecule is CCOC(=O)c1csc2c1C(N)CC(C)N2. The second-order valence-electron chi connectivity index (χ2n) is 4.00. The fourth-order valence-electron chi connectivity index (χ4n) is 2.00. The topological polar surface area (TPSA) is 64.3 Å². The summed E-state index contributed by atoms with van der Waals surface area (Å²) < 4.78 is 5.01. The van der Waals surface area contributed by atoms with Crippen LogP contribution < -0.4 is 11.1 Å². The van der Waals surface area contributed by atoms with Gasteiger partial charge in [0.05, 0.1) is 17.2 Å². The molecule has 2 atom stereocenters. The van der Waals surface area contributed by atoms with E-state index in [0.29, 0.717) is 18.2 Å². The number of anilines is 1. The quantitative estimate of drug-likeness (QED) is 0.777. The molecule has 2 rings (SSSR count). The van der Waals surface area contributed by atoms with Crippen LogP contribution in [-0.4, -0.2) is 18.6 Å². The van der Waals surface area contributed by atoms with E-state index in [0.717, 1.165) is 17.0 Å². The smallest absolute Gasteiger partial charge is 0.339 e. The van der Waals surface area contributed by atoms with Gasteiger partial charge in [-0.3, -0.25) is 0 Å². The molecule has 0 fully saturated rings. The van der Waals surface area contributed by atoms with Crippen molar-refractivity contribution in [3.63, 3.8) is 0 Å². The van der Waals surface area contributed by atoms with Crippen molar-refractivity contribution in [2.75, 3.05) is 11.9 Å². The van der Waals surface area contributed by atoms with Crippen molar-refractivity contribution in [2.45, 2.75) is 32.4 Å². The minimum Gasteiger partial charge on any atom is -0.462 e. The van der Waals surface area contributed by atoms with Gasteiger partial charge in [0, 0.05) is 23.0 Å². The monoisotopic (exact) mass is 240 g/mol. The Hall–Kier alpha value is -1.07. The molecular formula is C11H16N2O2S. The second kappa shape index (κ2) is 4.43. The van der Waals surface area contributed by atoms with Crippen LogP contribution in [0.1, 0.15) is 42.2 Å². The summed E-state index contributed by atoms with van der Waals surface area (Å²) >= 11 is 1.52. The van der Waals surface area contributed by atoms with Gasteiger partial charge in [-0.25, -0.2) is 4.79 Å².